The molecule has 22 heavy (non-hydrogen) atoms. The molecule has 1 aromatic carbocycles. The molecule has 0 aliphatic carbocycles. The maximum atomic E-state index is 12.5. The van der Waals surface area contributed by atoms with Gasteiger partial charge in [-0.2, -0.15) is 0 Å². The minimum atomic E-state index is -0.0485. The zero-order valence-electron chi connectivity index (χ0n) is 13.7. The van der Waals surface area contributed by atoms with E-state index in [4.69, 9.17) is 0 Å². The van der Waals surface area contributed by atoms with Gasteiger partial charge in [0.2, 0.25) is 11.8 Å². The van der Waals surface area contributed by atoms with E-state index in [0.717, 1.165) is 19.5 Å². The first kappa shape index (κ1) is 16.5. The highest BCUT2D eigenvalue weighted by Crippen LogP contribution is 2.18. The number of amides is 2. The molecule has 0 spiro atoms. The van der Waals surface area contributed by atoms with E-state index in [1.807, 2.05) is 36.0 Å². The summed E-state index contributed by atoms with van der Waals surface area (Å²) in [5.74, 6) is -0.0175. The Balaban J connectivity index is 1.95. The van der Waals surface area contributed by atoms with E-state index in [-0.39, 0.29) is 18.4 Å². The van der Waals surface area contributed by atoms with Gasteiger partial charge in [-0.25, -0.2) is 0 Å². The van der Waals surface area contributed by atoms with E-state index in [9.17, 15) is 9.59 Å². The third-order valence-electron chi connectivity index (χ3n) is 4.07. The molecule has 0 unspecified atom stereocenters. The molecule has 5 heteroatoms. The van der Waals surface area contributed by atoms with Crippen molar-refractivity contribution in [3.63, 3.8) is 0 Å². The number of likely N-dealkylation sites (N-methyl/N-ethyl adjacent to an activating group) is 1. The van der Waals surface area contributed by atoms with Crippen LogP contribution in [0.15, 0.2) is 24.3 Å². The van der Waals surface area contributed by atoms with E-state index in [2.05, 4.69) is 12.1 Å². The highest BCUT2D eigenvalue weighted by Gasteiger charge is 2.23. The average Bonchev–Trinajstić information content (AvgIpc) is 2.50. The van der Waals surface area contributed by atoms with Crippen molar-refractivity contribution >= 4 is 11.8 Å². The molecular weight excluding hydrogens is 278 g/mol. The molecule has 1 heterocycles. The van der Waals surface area contributed by atoms with Gasteiger partial charge < -0.3 is 14.7 Å². The summed E-state index contributed by atoms with van der Waals surface area (Å²) < 4.78 is 0. The van der Waals surface area contributed by atoms with Crippen LogP contribution in [0.25, 0.3) is 0 Å². The van der Waals surface area contributed by atoms with Crippen LogP contribution < -0.4 is 0 Å². The van der Waals surface area contributed by atoms with Crippen molar-refractivity contribution in [1.29, 1.82) is 0 Å². The van der Waals surface area contributed by atoms with Gasteiger partial charge in [0.15, 0.2) is 0 Å². The molecule has 0 atom stereocenters. The first-order valence-electron chi connectivity index (χ1n) is 7.72. The van der Waals surface area contributed by atoms with Crippen molar-refractivity contribution in [3.8, 4) is 0 Å². The Kier molecular flexibility index (Phi) is 5.55. The molecule has 0 aromatic heterocycles. The molecule has 0 bridgehead atoms. The summed E-state index contributed by atoms with van der Waals surface area (Å²) in [5.41, 5.74) is 2.53. The molecule has 120 valence electrons. The van der Waals surface area contributed by atoms with Crippen LogP contribution in [0.3, 0.4) is 0 Å². The summed E-state index contributed by atoms with van der Waals surface area (Å²) in [6.07, 6.45) is 0.889. The third-order valence-corrected chi connectivity index (χ3v) is 4.07. The molecule has 0 saturated carbocycles. The lowest BCUT2D eigenvalue weighted by atomic mass is 10.00. The highest BCUT2D eigenvalue weighted by molar-refractivity contribution is 5.84. The summed E-state index contributed by atoms with van der Waals surface area (Å²) in [6, 6.07) is 8.24. The SMILES string of the molecule is CC(=O)N(CCN(C)C)CC(=O)N1CCc2ccccc2C1. The van der Waals surface area contributed by atoms with Crippen LogP contribution in [0.2, 0.25) is 0 Å². The minimum absolute atomic E-state index is 0.0310. The predicted molar refractivity (Wildman–Crippen MR) is 86.4 cm³/mol. The number of nitrogens with zero attached hydrogens (tertiary/aromatic N) is 3. The largest absolute Gasteiger partial charge is 0.336 e. The maximum Gasteiger partial charge on any atom is 0.242 e. The zero-order valence-corrected chi connectivity index (χ0v) is 13.7. The van der Waals surface area contributed by atoms with Gasteiger partial charge in [0.05, 0.1) is 6.54 Å². The Bertz CT molecular complexity index is 542. The summed E-state index contributed by atoms with van der Waals surface area (Å²) in [5, 5.41) is 0. The first-order valence-corrected chi connectivity index (χ1v) is 7.72. The third kappa shape index (κ3) is 4.31. The lowest BCUT2D eigenvalue weighted by molar-refractivity contribution is -0.140. The van der Waals surface area contributed by atoms with Crippen LogP contribution >= 0.6 is 0 Å². The lowest BCUT2D eigenvalue weighted by Crippen LogP contribution is -2.45. The molecule has 0 fully saturated rings. The number of fused-ring (bicyclic) bond motifs is 1. The number of hydrogen-bond acceptors (Lipinski definition) is 3. The van der Waals surface area contributed by atoms with Crippen LogP contribution in [-0.2, 0) is 22.6 Å². The monoisotopic (exact) mass is 303 g/mol. The van der Waals surface area contributed by atoms with Gasteiger partial charge in [0, 0.05) is 33.1 Å². The molecule has 1 aliphatic heterocycles. The van der Waals surface area contributed by atoms with Gasteiger partial charge in [-0.05, 0) is 31.6 Å². The number of benzene rings is 1. The predicted octanol–water partition coefficient (Wildman–Crippen LogP) is 0.981. The first-order chi connectivity index (χ1) is 10.5. The Morgan fingerprint density at radius 1 is 1.14 bits per heavy atom. The van der Waals surface area contributed by atoms with Crippen LogP contribution in [0.5, 0.6) is 0 Å². The van der Waals surface area contributed by atoms with E-state index in [0.29, 0.717) is 13.1 Å². The molecule has 2 amide bonds. The van der Waals surface area contributed by atoms with E-state index >= 15 is 0 Å². The highest BCUT2D eigenvalue weighted by atomic mass is 16.2. The van der Waals surface area contributed by atoms with Gasteiger partial charge >= 0.3 is 0 Å². The van der Waals surface area contributed by atoms with E-state index in [1.165, 1.54) is 18.1 Å². The second-order valence-electron chi connectivity index (χ2n) is 6.08. The normalized spacial score (nSPS) is 13.9. The van der Waals surface area contributed by atoms with Crippen LogP contribution in [0, 0.1) is 0 Å². The summed E-state index contributed by atoms with van der Waals surface area (Å²) >= 11 is 0. The number of rotatable bonds is 5. The molecule has 1 aliphatic rings. The van der Waals surface area contributed by atoms with Gasteiger partial charge in [0.25, 0.3) is 0 Å². The molecule has 0 saturated heterocycles. The quantitative estimate of drug-likeness (QED) is 0.814. The fourth-order valence-corrected chi connectivity index (χ4v) is 2.64. The second kappa shape index (κ2) is 7.40. The summed E-state index contributed by atoms with van der Waals surface area (Å²) in [7, 11) is 3.92. The number of carbonyl (C=O) groups is 2. The molecular formula is C17H25N3O2. The van der Waals surface area contributed by atoms with Crippen molar-refractivity contribution in [2.45, 2.75) is 19.9 Å². The van der Waals surface area contributed by atoms with Gasteiger partial charge in [-0.3, -0.25) is 9.59 Å². The Morgan fingerprint density at radius 2 is 1.82 bits per heavy atom. The summed E-state index contributed by atoms with van der Waals surface area (Å²) in [4.78, 5) is 29.7. The molecule has 2 rings (SSSR count). The van der Waals surface area contributed by atoms with E-state index < -0.39 is 0 Å². The summed E-state index contributed by atoms with van der Waals surface area (Å²) in [6.45, 7) is 4.41. The molecule has 0 radical (unpaired) electrons. The van der Waals surface area contributed by atoms with Crippen molar-refractivity contribution in [3.05, 3.63) is 35.4 Å². The fraction of sp³-hybridized carbons (Fsp3) is 0.529. The fourth-order valence-electron chi connectivity index (χ4n) is 2.64. The smallest absolute Gasteiger partial charge is 0.242 e. The second-order valence-corrected chi connectivity index (χ2v) is 6.08. The minimum Gasteiger partial charge on any atom is -0.336 e. The van der Waals surface area contributed by atoms with Crippen molar-refractivity contribution in [2.24, 2.45) is 0 Å². The van der Waals surface area contributed by atoms with Crippen molar-refractivity contribution in [2.75, 3.05) is 40.3 Å². The van der Waals surface area contributed by atoms with Crippen LogP contribution in [0.4, 0.5) is 0 Å². The Labute approximate surface area is 132 Å². The standard InChI is InChI=1S/C17H25N3O2/c1-14(21)19(11-10-18(2)3)13-17(22)20-9-8-15-6-4-5-7-16(15)12-20/h4-7H,8-13H2,1-3H3. The topological polar surface area (TPSA) is 43.9 Å². The molecule has 1 aromatic rings. The maximum absolute atomic E-state index is 12.5. The van der Waals surface area contributed by atoms with Gasteiger partial charge in [0.1, 0.15) is 0 Å². The van der Waals surface area contributed by atoms with E-state index in [1.54, 1.807) is 4.90 Å². The Hall–Kier alpha value is -1.88. The van der Waals surface area contributed by atoms with Crippen molar-refractivity contribution < 1.29 is 9.59 Å². The molecule has 5 nitrogen and oxygen atoms in total. The average molecular weight is 303 g/mol. The van der Waals surface area contributed by atoms with Crippen LogP contribution in [0.1, 0.15) is 18.1 Å². The molecule has 0 N–H and O–H groups in total. The zero-order chi connectivity index (χ0) is 16.1. The van der Waals surface area contributed by atoms with Crippen LogP contribution in [-0.4, -0.2) is 66.8 Å². The lowest BCUT2D eigenvalue weighted by Gasteiger charge is -2.31. The Morgan fingerprint density at radius 3 is 2.45 bits per heavy atom. The van der Waals surface area contributed by atoms with Gasteiger partial charge in [-0.15, -0.1) is 0 Å². The van der Waals surface area contributed by atoms with Crippen molar-refractivity contribution in [1.82, 2.24) is 14.7 Å². The number of carbonyl (C=O) groups excluding carboxylic acids is 2. The van der Waals surface area contributed by atoms with Gasteiger partial charge in [-0.1, -0.05) is 24.3 Å². The number of hydrogen-bond donors (Lipinski definition) is 0.